The summed E-state index contributed by atoms with van der Waals surface area (Å²) in [5.74, 6) is 0.246. The van der Waals surface area contributed by atoms with Gasteiger partial charge in [-0.05, 0) is 32.4 Å². The highest BCUT2D eigenvalue weighted by atomic mass is 16.5. The Morgan fingerprint density at radius 2 is 2.09 bits per heavy atom. The molecule has 2 rings (SSSR count). The summed E-state index contributed by atoms with van der Waals surface area (Å²) in [6.07, 6.45) is 0. The van der Waals surface area contributed by atoms with E-state index in [2.05, 4.69) is 16.8 Å². The van der Waals surface area contributed by atoms with Crippen molar-refractivity contribution < 1.29 is 9.53 Å². The molecule has 1 atom stereocenters. The normalized spacial score (nSPS) is 17.3. The van der Waals surface area contributed by atoms with E-state index in [0.717, 1.165) is 44.1 Å². The van der Waals surface area contributed by atoms with Crippen LogP contribution in [0.4, 0.5) is 5.82 Å². The molecule has 0 bridgehead atoms. The minimum Gasteiger partial charge on any atom is -0.379 e. The topological polar surface area (TPSA) is 71.7 Å². The van der Waals surface area contributed by atoms with Crippen LogP contribution < -0.4 is 10.6 Å². The molecule has 1 fully saturated rings. The smallest absolute Gasteiger partial charge is 0.252 e. The zero-order chi connectivity index (χ0) is 16.3. The number of hydrogen-bond acceptors (Lipinski definition) is 5. The molecule has 1 aromatic rings. The molecule has 2 heterocycles. The SMILES string of the molecule is Cc1cc(C)c(C(N)=O)c(N(C)C[C@@H](C)N2CCOCC2)n1. The maximum atomic E-state index is 11.8. The van der Waals surface area contributed by atoms with E-state index in [1.165, 1.54) is 0 Å². The Morgan fingerprint density at radius 3 is 2.68 bits per heavy atom. The number of hydrogen-bond donors (Lipinski definition) is 1. The van der Waals surface area contributed by atoms with Crippen LogP contribution in [0.1, 0.15) is 28.5 Å². The van der Waals surface area contributed by atoms with Crippen molar-refractivity contribution in [2.75, 3.05) is 44.8 Å². The average Bonchev–Trinajstić information content (AvgIpc) is 2.46. The molecular formula is C16H26N4O2. The van der Waals surface area contributed by atoms with Crippen molar-refractivity contribution in [3.8, 4) is 0 Å². The van der Waals surface area contributed by atoms with Gasteiger partial charge in [0, 0.05) is 38.4 Å². The number of anilines is 1. The predicted molar refractivity (Wildman–Crippen MR) is 87.4 cm³/mol. The number of nitrogens with two attached hydrogens (primary N) is 1. The molecule has 0 aromatic carbocycles. The molecule has 1 aliphatic heterocycles. The molecule has 2 N–H and O–H groups in total. The summed E-state index contributed by atoms with van der Waals surface area (Å²) in [6.45, 7) is 10.3. The molecular weight excluding hydrogens is 280 g/mol. The van der Waals surface area contributed by atoms with Crippen molar-refractivity contribution in [3.05, 3.63) is 22.9 Å². The van der Waals surface area contributed by atoms with Crippen LogP contribution in [0.2, 0.25) is 0 Å². The molecule has 122 valence electrons. The number of primary amides is 1. The van der Waals surface area contributed by atoms with E-state index in [4.69, 9.17) is 10.5 Å². The predicted octanol–water partition coefficient (Wildman–Crippen LogP) is 0.954. The quantitative estimate of drug-likeness (QED) is 0.877. The largest absolute Gasteiger partial charge is 0.379 e. The summed E-state index contributed by atoms with van der Waals surface area (Å²) in [5.41, 5.74) is 7.83. The van der Waals surface area contributed by atoms with E-state index in [0.29, 0.717) is 17.4 Å². The van der Waals surface area contributed by atoms with Crippen LogP contribution >= 0.6 is 0 Å². The number of aryl methyl sites for hydroxylation is 2. The van der Waals surface area contributed by atoms with Gasteiger partial charge < -0.3 is 15.4 Å². The van der Waals surface area contributed by atoms with Gasteiger partial charge in [0.05, 0.1) is 18.8 Å². The molecule has 0 spiro atoms. The molecule has 22 heavy (non-hydrogen) atoms. The van der Waals surface area contributed by atoms with Gasteiger partial charge in [0.25, 0.3) is 5.91 Å². The molecule has 6 nitrogen and oxygen atoms in total. The lowest BCUT2D eigenvalue weighted by Crippen LogP contribution is -2.47. The second-order valence-electron chi connectivity index (χ2n) is 6.02. The highest BCUT2D eigenvalue weighted by Gasteiger charge is 2.22. The maximum absolute atomic E-state index is 11.8. The summed E-state index contributed by atoms with van der Waals surface area (Å²) in [6, 6.07) is 2.25. The molecule has 0 unspecified atom stereocenters. The standard InChI is InChI=1S/C16H26N4O2/c1-11-9-12(2)18-16(14(11)15(17)21)19(4)10-13(3)20-5-7-22-8-6-20/h9,13H,5-8,10H2,1-4H3,(H2,17,21)/t13-/m1/s1. The zero-order valence-corrected chi connectivity index (χ0v) is 13.9. The van der Waals surface area contributed by atoms with Crippen LogP contribution in [-0.2, 0) is 4.74 Å². The fourth-order valence-electron chi connectivity index (χ4n) is 3.01. The Hall–Kier alpha value is -1.66. The minimum atomic E-state index is -0.425. The number of carbonyl (C=O) groups excluding carboxylic acids is 1. The molecule has 6 heteroatoms. The van der Waals surface area contributed by atoms with Gasteiger partial charge in [-0.2, -0.15) is 0 Å². The van der Waals surface area contributed by atoms with Gasteiger partial charge in [0.1, 0.15) is 5.82 Å². The van der Waals surface area contributed by atoms with Gasteiger partial charge in [-0.3, -0.25) is 9.69 Å². The van der Waals surface area contributed by atoms with E-state index >= 15 is 0 Å². The molecule has 0 aliphatic carbocycles. The Kier molecular flexibility index (Phi) is 5.37. The van der Waals surface area contributed by atoms with Crippen LogP contribution in [-0.4, -0.2) is 61.7 Å². The Morgan fingerprint density at radius 1 is 1.45 bits per heavy atom. The van der Waals surface area contributed by atoms with E-state index in [9.17, 15) is 4.79 Å². The summed E-state index contributed by atoms with van der Waals surface area (Å²) in [7, 11) is 1.96. The number of aromatic nitrogens is 1. The first-order chi connectivity index (χ1) is 10.4. The van der Waals surface area contributed by atoms with Crippen LogP contribution in [0.25, 0.3) is 0 Å². The maximum Gasteiger partial charge on any atom is 0.252 e. The van der Waals surface area contributed by atoms with Gasteiger partial charge in [-0.1, -0.05) is 0 Å². The van der Waals surface area contributed by atoms with E-state index < -0.39 is 5.91 Å². The van der Waals surface area contributed by atoms with Gasteiger partial charge in [0.2, 0.25) is 0 Å². The number of nitrogens with zero attached hydrogens (tertiary/aromatic N) is 3. The minimum absolute atomic E-state index is 0.359. The summed E-state index contributed by atoms with van der Waals surface area (Å²) in [4.78, 5) is 20.7. The van der Waals surface area contributed by atoms with Crippen LogP contribution in [0, 0.1) is 13.8 Å². The van der Waals surface area contributed by atoms with Crippen molar-refractivity contribution in [1.29, 1.82) is 0 Å². The van der Waals surface area contributed by atoms with Crippen LogP contribution in [0.15, 0.2) is 6.07 Å². The third kappa shape index (κ3) is 3.75. The van der Waals surface area contributed by atoms with Gasteiger partial charge in [-0.15, -0.1) is 0 Å². The van der Waals surface area contributed by atoms with Crippen LogP contribution in [0.3, 0.4) is 0 Å². The third-order valence-electron chi connectivity index (χ3n) is 4.14. The summed E-state index contributed by atoms with van der Waals surface area (Å²) >= 11 is 0. The summed E-state index contributed by atoms with van der Waals surface area (Å²) < 4.78 is 5.39. The van der Waals surface area contributed by atoms with Crippen molar-refractivity contribution in [2.45, 2.75) is 26.8 Å². The lowest BCUT2D eigenvalue weighted by atomic mass is 10.1. The number of ether oxygens (including phenoxy) is 1. The second kappa shape index (κ2) is 7.07. The van der Waals surface area contributed by atoms with Crippen molar-refractivity contribution in [1.82, 2.24) is 9.88 Å². The Labute approximate surface area is 132 Å². The summed E-state index contributed by atoms with van der Waals surface area (Å²) in [5, 5.41) is 0. The Bertz CT molecular complexity index is 541. The third-order valence-corrected chi connectivity index (χ3v) is 4.14. The van der Waals surface area contributed by atoms with Crippen molar-refractivity contribution in [3.63, 3.8) is 0 Å². The Balaban J connectivity index is 2.18. The van der Waals surface area contributed by atoms with Gasteiger partial charge in [0.15, 0.2) is 0 Å². The van der Waals surface area contributed by atoms with E-state index in [1.54, 1.807) is 0 Å². The number of rotatable bonds is 5. The number of morpholine rings is 1. The van der Waals surface area contributed by atoms with Crippen LogP contribution in [0.5, 0.6) is 0 Å². The first kappa shape index (κ1) is 16.7. The highest BCUT2D eigenvalue weighted by molar-refractivity contribution is 5.99. The van der Waals surface area contributed by atoms with Gasteiger partial charge >= 0.3 is 0 Å². The zero-order valence-electron chi connectivity index (χ0n) is 13.9. The first-order valence-electron chi connectivity index (χ1n) is 7.71. The number of pyridine rings is 1. The molecule has 1 amide bonds. The molecule has 0 radical (unpaired) electrons. The lowest BCUT2D eigenvalue weighted by Gasteiger charge is -2.35. The number of carbonyl (C=O) groups is 1. The first-order valence-corrected chi connectivity index (χ1v) is 7.71. The van der Waals surface area contributed by atoms with Crippen molar-refractivity contribution in [2.24, 2.45) is 5.73 Å². The monoisotopic (exact) mass is 306 g/mol. The molecule has 1 aliphatic rings. The highest BCUT2D eigenvalue weighted by Crippen LogP contribution is 2.22. The molecule has 1 saturated heterocycles. The fourth-order valence-corrected chi connectivity index (χ4v) is 3.01. The fraction of sp³-hybridized carbons (Fsp3) is 0.625. The molecule has 0 saturated carbocycles. The average molecular weight is 306 g/mol. The van der Waals surface area contributed by atoms with E-state index in [-0.39, 0.29) is 0 Å². The number of amides is 1. The van der Waals surface area contributed by atoms with E-state index in [1.807, 2.05) is 31.9 Å². The number of likely N-dealkylation sites (N-methyl/N-ethyl adjacent to an activating group) is 1. The van der Waals surface area contributed by atoms with Gasteiger partial charge in [-0.25, -0.2) is 4.98 Å². The van der Waals surface area contributed by atoms with Crippen molar-refractivity contribution >= 4 is 11.7 Å². The molecule has 1 aromatic heterocycles. The second-order valence-corrected chi connectivity index (χ2v) is 6.02. The lowest BCUT2D eigenvalue weighted by molar-refractivity contribution is 0.0217.